The second-order valence-electron chi connectivity index (χ2n) is 1.68. The van der Waals surface area contributed by atoms with Gasteiger partial charge in [0.15, 0.2) is 0 Å². The molecule has 5 heteroatoms. The molecule has 1 rings (SSSR count). The Bertz CT molecular complexity index is 133. The van der Waals surface area contributed by atoms with E-state index in [0.29, 0.717) is 0 Å². The summed E-state index contributed by atoms with van der Waals surface area (Å²) in [6.07, 6.45) is -0.245. The number of hydrogen-bond acceptors (Lipinski definition) is 3. The fraction of sp³-hybridized carbons (Fsp3) is 1.00. The molecular formula is C3H7O4P. The van der Waals surface area contributed by atoms with E-state index in [2.05, 4.69) is 9.05 Å². The Morgan fingerprint density at radius 2 is 2.50 bits per heavy atom. The van der Waals surface area contributed by atoms with Gasteiger partial charge in [-0.3, -0.25) is 9.05 Å². The van der Waals surface area contributed by atoms with E-state index in [1.54, 1.807) is 6.92 Å². The molecule has 0 aromatic rings. The second kappa shape index (κ2) is 1.81. The zero-order chi connectivity index (χ0) is 6.20. The quantitative estimate of drug-likeness (QED) is 0.496. The standard InChI is InChI=1S/C3H7O4P/c1-3-2-6-8(4,5)7-3/h3H,2H2,1H3,(H,4,5)/t3-/m0/s1. The van der Waals surface area contributed by atoms with Crippen molar-refractivity contribution in [1.29, 1.82) is 0 Å². The van der Waals surface area contributed by atoms with Crippen molar-refractivity contribution in [2.24, 2.45) is 0 Å². The van der Waals surface area contributed by atoms with Crippen LogP contribution in [0.1, 0.15) is 6.92 Å². The Morgan fingerprint density at radius 3 is 2.62 bits per heavy atom. The maximum Gasteiger partial charge on any atom is 0.472 e. The third-order valence-electron chi connectivity index (χ3n) is 0.786. The van der Waals surface area contributed by atoms with Crippen LogP contribution < -0.4 is 0 Å². The monoisotopic (exact) mass is 138 g/mol. The fourth-order valence-corrected chi connectivity index (χ4v) is 1.46. The Labute approximate surface area is 47.0 Å². The minimum Gasteiger partial charge on any atom is -0.302 e. The van der Waals surface area contributed by atoms with Crippen molar-refractivity contribution in [3.05, 3.63) is 0 Å². The van der Waals surface area contributed by atoms with Crippen LogP contribution in [0.5, 0.6) is 0 Å². The smallest absolute Gasteiger partial charge is 0.302 e. The van der Waals surface area contributed by atoms with E-state index in [1.807, 2.05) is 0 Å². The highest BCUT2D eigenvalue weighted by atomic mass is 31.2. The summed E-state index contributed by atoms with van der Waals surface area (Å²) in [6, 6.07) is 0. The molecule has 1 N–H and O–H groups in total. The molecule has 0 amide bonds. The van der Waals surface area contributed by atoms with Crippen LogP contribution in [-0.4, -0.2) is 17.6 Å². The van der Waals surface area contributed by atoms with Gasteiger partial charge in [-0.15, -0.1) is 0 Å². The van der Waals surface area contributed by atoms with Crippen molar-refractivity contribution < 1.29 is 18.5 Å². The van der Waals surface area contributed by atoms with Crippen LogP contribution in [0.2, 0.25) is 0 Å². The van der Waals surface area contributed by atoms with E-state index >= 15 is 0 Å². The van der Waals surface area contributed by atoms with Gasteiger partial charge in [-0.1, -0.05) is 0 Å². The predicted octanol–water partition coefficient (Wildman–Crippen LogP) is 0.522. The molecule has 0 bridgehead atoms. The first-order valence-electron chi connectivity index (χ1n) is 2.26. The van der Waals surface area contributed by atoms with Gasteiger partial charge < -0.3 is 4.89 Å². The molecule has 1 heterocycles. The predicted molar refractivity (Wildman–Crippen MR) is 26.3 cm³/mol. The van der Waals surface area contributed by atoms with E-state index < -0.39 is 7.82 Å². The maximum atomic E-state index is 10.3. The van der Waals surface area contributed by atoms with E-state index in [1.165, 1.54) is 0 Å². The third kappa shape index (κ3) is 1.29. The molecule has 0 aromatic carbocycles. The van der Waals surface area contributed by atoms with Crippen LogP contribution in [0.15, 0.2) is 0 Å². The van der Waals surface area contributed by atoms with Gasteiger partial charge in [0.25, 0.3) is 0 Å². The van der Waals surface area contributed by atoms with Gasteiger partial charge in [-0.2, -0.15) is 0 Å². The van der Waals surface area contributed by atoms with E-state index in [-0.39, 0.29) is 12.7 Å². The lowest BCUT2D eigenvalue weighted by molar-refractivity contribution is 0.230. The van der Waals surface area contributed by atoms with E-state index in [0.717, 1.165) is 0 Å². The molecule has 0 saturated carbocycles. The van der Waals surface area contributed by atoms with Gasteiger partial charge in [0.05, 0.1) is 12.7 Å². The van der Waals surface area contributed by atoms with Gasteiger partial charge >= 0.3 is 7.82 Å². The van der Waals surface area contributed by atoms with E-state index in [4.69, 9.17) is 4.89 Å². The minimum absolute atomic E-state index is 0.216. The molecule has 2 atom stereocenters. The average Bonchev–Trinajstić information content (AvgIpc) is 1.82. The Balaban J connectivity index is 2.57. The minimum atomic E-state index is -3.60. The molecule has 0 radical (unpaired) electrons. The van der Waals surface area contributed by atoms with Crippen LogP contribution in [-0.2, 0) is 13.6 Å². The molecule has 4 nitrogen and oxygen atoms in total. The molecule has 1 aliphatic heterocycles. The van der Waals surface area contributed by atoms with Crippen molar-refractivity contribution in [1.82, 2.24) is 0 Å². The number of rotatable bonds is 0. The second-order valence-corrected chi connectivity index (χ2v) is 3.09. The lowest BCUT2D eigenvalue weighted by Gasteiger charge is -1.97. The summed E-state index contributed by atoms with van der Waals surface area (Å²) in [4.78, 5) is 8.48. The molecule has 0 spiro atoms. The van der Waals surface area contributed by atoms with Crippen molar-refractivity contribution in [3.63, 3.8) is 0 Å². The van der Waals surface area contributed by atoms with Crippen molar-refractivity contribution in [2.75, 3.05) is 6.61 Å². The Morgan fingerprint density at radius 1 is 1.88 bits per heavy atom. The van der Waals surface area contributed by atoms with Gasteiger partial charge in [0.1, 0.15) is 0 Å². The Kier molecular flexibility index (Phi) is 1.41. The summed E-state index contributed by atoms with van der Waals surface area (Å²) in [5.41, 5.74) is 0. The molecular weight excluding hydrogens is 131 g/mol. The average molecular weight is 138 g/mol. The molecule has 0 aromatic heterocycles. The number of phosphoric ester groups is 1. The van der Waals surface area contributed by atoms with Crippen LogP contribution in [0.3, 0.4) is 0 Å². The maximum absolute atomic E-state index is 10.3. The topological polar surface area (TPSA) is 55.8 Å². The zero-order valence-electron chi connectivity index (χ0n) is 4.40. The Hall–Kier alpha value is 0.110. The fourth-order valence-electron chi connectivity index (χ4n) is 0.487. The van der Waals surface area contributed by atoms with Crippen LogP contribution in [0.25, 0.3) is 0 Å². The first-order chi connectivity index (χ1) is 3.60. The van der Waals surface area contributed by atoms with Gasteiger partial charge in [-0.05, 0) is 6.92 Å². The molecule has 1 aliphatic rings. The lowest BCUT2D eigenvalue weighted by Crippen LogP contribution is -1.99. The first-order valence-corrected chi connectivity index (χ1v) is 3.75. The van der Waals surface area contributed by atoms with Crippen LogP contribution in [0.4, 0.5) is 0 Å². The normalized spacial score (nSPS) is 47.5. The van der Waals surface area contributed by atoms with E-state index in [9.17, 15) is 4.57 Å². The molecule has 8 heavy (non-hydrogen) atoms. The highest BCUT2D eigenvalue weighted by molar-refractivity contribution is 7.47. The molecule has 0 aliphatic carbocycles. The van der Waals surface area contributed by atoms with Gasteiger partial charge in [0.2, 0.25) is 0 Å². The van der Waals surface area contributed by atoms with Gasteiger partial charge in [0, 0.05) is 0 Å². The molecule has 1 fully saturated rings. The summed E-state index contributed by atoms with van der Waals surface area (Å²) in [5.74, 6) is 0. The molecule has 48 valence electrons. The molecule has 1 unspecified atom stereocenters. The largest absolute Gasteiger partial charge is 0.472 e. The summed E-state index contributed by atoms with van der Waals surface area (Å²) in [6.45, 7) is 1.89. The SMILES string of the molecule is C[C@H]1COP(=O)(O)O1. The van der Waals surface area contributed by atoms with Gasteiger partial charge in [-0.25, -0.2) is 4.57 Å². The number of phosphoric acid groups is 1. The third-order valence-corrected chi connectivity index (χ3v) is 1.89. The highest BCUT2D eigenvalue weighted by Gasteiger charge is 2.32. The summed E-state index contributed by atoms with van der Waals surface area (Å²) in [7, 11) is -3.60. The van der Waals surface area contributed by atoms with Crippen LogP contribution >= 0.6 is 7.82 Å². The van der Waals surface area contributed by atoms with Crippen molar-refractivity contribution in [3.8, 4) is 0 Å². The summed E-state index contributed by atoms with van der Waals surface area (Å²) >= 11 is 0. The van der Waals surface area contributed by atoms with Crippen molar-refractivity contribution >= 4 is 7.82 Å². The van der Waals surface area contributed by atoms with Crippen molar-refractivity contribution in [2.45, 2.75) is 13.0 Å². The summed E-state index contributed by atoms with van der Waals surface area (Å²) in [5, 5.41) is 0. The number of hydrogen-bond donors (Lipinski definition) is 1. The first kappa shape index (κ1) is 6.23. The lowest BCUT2D eigenvalue weighted by atomic mass is 10.5. The molecule has 1 saturated heterocycles. The highest BCUT2D eigenvalue weighted by Crippen LogP contribution is 2.49. The van der Waals surface area contributed by atoms with Crippen LogP contribution in [0, 0.1) is 0 Å². The summed E-state index contributed by atoms with van der Waals surface area (Å²) < 4.78 is 19.1. The zero-order valence-corrected chi connectivity index (χ0v) is 5.30.